The van der Waals surface area contributed by atoms with Gasteiger partial charge in [-0.15, -0.1) is 0 Å². The Morgan fingerprint density at radius 2 is 2.00 bits per heavy atom. The predicted molar refractivity (Wildman–Crippen MR) is 63.5 cm³/mol. The van der Waals surface area contributed by atoms with E-state index in [9.17, 15) is 4.79 Å². The van der Waals surface area contributed by atoms with Crippen LogP contribution in [0.3, 0.4) is 0 Å². The molecular weight excluding hydrogens is 202 g/mol. The highest BCUT2D eigenvalue weighted by Crippen LogP contribution is 2.28. The normalized spacial score (nSPS) is 15.2. The number of hydrogen-bond donors (Lipinski definition) is 0. The molecule has 16 heavy (non-hydrogen) atoms. The van der Waals surface area contributed by atoms with Crippen LogP contribution < -0.4 is 0 Å². The number of hydrogen-bond acceptors (Lipinski definition) is 3. The number of allylic oxidation sites excluding steroid dienone is 2. The number of carbonyl (C=O) groups excluding carboxylic acids is 1. The van der Waals surface area contributed by atoms with Crippen LogP contribution >= 0.6 is 0 Å². The summed E-state index contributed by atoms with van der Waals surface area (Å²) in [5.41, 5.74) is 0.216. The first-order valence-corrected chi connectivity index (χ1v) is 5.20. The average Bonchev–Trinajstić information content (AvgIpc) is 2.14. The van der Waals surface area contributed by atoms with Gasteiger partial charge >= 0.3 is 5.97 Å². The molecule has 88 valence electrons. The van der Waals surface area contributed by atoms with Crippen LogP contribution in [0.1, 0.15) is 34.6 Å². The molecule has 0 fully saturated rings. The Balaban J connectivity index is 5.15. The summed E-state index contributed by atoms with van der Waals surface area (Å²) in [6.07, 6.45) is 1.50. The van der Waals surface area contributed by atoms with Gasteiger partial charge < -0.3 is 4.74 Å². The maximum absolute atomic E-state index is 11.8. The molecule has 0 aliphatic heterocycles. The predicted octanol–water partition coefficient (Wildman–Crippen LogP) is 2.99. The lowest BCUT2D eigenvalue weighted by Gasteiger charge is -2.22. The third-order valence-electron chi connectivity index (χ3n) is 2.23. The Labute approximate surface area is 97.4 Å². The summed E-state index contributed by atoms with van der Waals surface area (Å²) < 4.78 is 5.08. The maximum atomic E-state index is 11.8. The summed E-state index contributed by atoms with van der Waals surface area (Å²) >= 11 is 0. The van der Waals surface area contributed by atoms with E-state index in [1.165, 1.54) is 0 Å². The Kier molecular flexibility index (Phi) is 4.97. The summed E-state index contributed by atoms with van der Waals surface area (Å²) in [6.45, 7) is 12.4. The number of esters is 1. The minimum absolute atomic E-state index is 0.224. The van der Waals surface area contributed by atoms with E-state index in [0.717, 1.165) is 5.57 Å². The summed E-state index contributed by atoms with van der Waals surface area (Å²) in [4.78, 5) is 11.8. The van der Waals surface area contributed by atoms with E-state index in [0.29, 0.717) is 5.57 Å². The van der Waals surface area contributed by atoms with Crippen LogP contribution in [0.5, 0.6) is 0 Å². The molecule has 0 aliphatic carbocycles. The molecule has 0 saturated carbocycles. The van der Waals surface area contributed by atoms with Crippen molar-refractivity contribution in [1.82, 2.24) is 0 Å². The molecule has 0 spiro atoms. The van der Waals surface area contributed by atoms with Gasteiger partial charge in [0.25, 0.3) is 0 Å². The van der Waals surface area contributed by atoms with E-state index in [1.54, 1.807) is 33.8 Å². The Morgan fingerprint density at radius 3 is 2.31 bits per heavy atom. The van der Waals surface area contributed by atoms with Gasteiger partial charge in [0.1, 0.15) is 0 Å². The van der Waals surface area contributed by atoms with Gasteiger partial charge in [0.2, 0.25) is 0 Å². The van der Waals surface area contributed by atoms with Gasteiger partial charge in [0.05, 0.1) is 12.2 Å². The zero-order chi connectivity index (χ0) is 12.9. The lowest BCUT2D eigenvalue weighted by atomic mass is 9.83. The van der Waals surface area contributed by atoms with E-state index < -0.39 is 11.4 Å². The summed E-state index contributed by atoms with van der Waals surface area (Å²) in [7, 11) is 0. The second-order valence-corrected chi connectivity index (χ2v) is 4.36. The monoisotopic (exact) mass is 221 g/mol. The lowest BCUT2D eigenvalue weighted by molar-refractivity contribution is -0.153. The molecule has 3 heteroatoms. The van der Waals surface area contributed by atoms with Crippen LogP contribution in [0.2, 0.25) is 0 Å². The van der Waals surface area contributed by atoms with Crippen molar-refractivity contribution in [1.29, 1.82) is 5.26 Å². The molecule has 0 radical (unpaired) electrons. The molecule has 0 heterocycles. The van der Waals surface area contributed by atoms with Gasteiger partial charge in [-0.05, 0) is 40.2 Å². The van der Waals surface area contributed by atoms with Crippen LogP contribution in [-0.4, -0.2) is 12.1 Å². The van der Waals surface area contributed by atoms with Gasteiger partial charge in [-0.3, -0.25) is 0 Å². The van der Waals surface area contributed by atoms with Crippen molar-refractivity contribution < 1.29 is 9.53 Å². The summed E-state index contributed by atoms with van der Waals surface area (Å²) in [5, 5.41) is 9.13. The molecule has 0 bridgehead atoms. The second kappa shape index (κ2) is 5.50. The first-order chi connectivity index (χ1) is 7.24. The zero-order valence-electron chi connectivity index (χ0n) is 10.6. The Morgan fingerprint density at radius 1 is 1.50 bits per heavy atom. The maximum Gasteiger partial charge on any atom is 0.330 e. The topological polar surface area (TPSA) is 50.1 Å². The van der Waals surface area contributed by atoms with Gasteiger partial charge in [-0.2, -0.15) is 5.26 Å². The largest absolute Gasteiger partial charge is 0.462 e. The molecule has 0 amide bonds. The highest BCUT2D eigenvalue weighted by Gasteiger charge is 2.37. The number of rotatable bonds is 4. The van der Waals surface area contributed by atoms with Crippen LogP contribution in [0.25, 0.3) is 0 Å². The van der Waals surface area contributed by atoms with E-state index >= 15 is 0 Å². The molecule has 0 aliphatic rings. The standard InChI is InChI=1S/C13H19NO2/c1-9(2)7-11(5)13(6,8-14)12(15)16-10(3)4/h7,10H,1H2,2-6H3/b11-7+/t13-/m0/s1. The van der Waals surface area contributed by atoms with Crippen LogP contribution in [0, 0.1) is 16.7 Å². The molecule has 1 atom stereocenters. The van der Waals surface area contributed by atoms with Gasteiger partial charge in [-0.1, -0.05) is 18.2 Å². The van der Waals surface area contributed by atoms with Crippen molar-refractivity contribution in [2.24, 2.45) is 5.41 Å². The molecule has 0 aromatic rings. The number of nitrogens with zero attached hydrogens (tertiary/aromatic N) is 1. The third kappa shape index (κ3) is 3.54. The zero-order valence-corrected chi connectivity index (χ0v) is 10.6. The first-order valence-electron chi connectivity index (χ1n) is 5.20. The molecule has 3 nitrogen and oxygen atoms in total. The molecule has 0 N–H and O–H groups in total. The Hall–Kier alpha value is -1.56. The van der Waals surface area contributed by atoms with Crippen LogP contribution in [0.15, 0.2) is 23.8 Å². The summed E-state index contributed by atoms with van der Waals surface area (Å²) in [5.74, 6) is -0.514. The molecule has 0 aromatic carbocycles. The fraction of sp³-hybridized carbons (Fsp3) is 0.538. The highest BCUT2D eigenvalue weighted by atomic mass is 16.5. The lowest BCUT2D eigenvalue weighted by Crippen LogP contribution is -2.31. The van der Waals surface area contributed by atoms with E-state index in [1.807, 2.05) is 13.0 Å². The van der Waals surface area contributed by atoms with Gasteiger partial charge in [0, 0.05) is 0 Å². The number of ether oxygens (including phenoxy) is 1. The minimum atomic E-state index is -1.23. The van der Waals surface area contributed by atoms with Crippen LogP contribution in [-0.2, 0) is 9.53 Å². The number of carbonyl (C=O) groups is 1. The van der Waals surface area contributed by atoms with Crippen molar-refractivity contribution in [3.8, 4) is 6.07 Å². The van der Waals surface area contributed by atoms with Crippen molar-refractivity contribution >= 4 is 5.97 Å². The second-order valence-electron chi connectivity index (χ2n) is 4.36. The van der Waals surface area contributed by atoms with E-state index in [-0.39, 0.29) is 6.10 Å². The molecular formula is C13H19NO2. The first kappa shape index (κ1) is 14.4. The fourth-order valence-electron chi connectivity index (χ4n) is 1.14. The van der Waals surface area contributed by atoms with Crippen molar-refractivity contribution in [3.05, 3.63) is 23.8 Å². The van der Waals surface area contributed by atoms with Gasteiger partial charge in [-0.25, -0.2) is 4.79 Å². The SMILES string of the molecule is C=C(C)/C=C(\C)[C@](C)(C#N)C(=O)OC(C)C. The fourth-order valence-corrected chi connectivity index (χ4v) is 1.14. The summed E-state index contributed by atoms with van der Waals surface area (Å²) in [6, 6.07) is 2.00. The van der Waals surface area contributed by atoms with E-state index in [2.05, 4.69) is 6.58 Å². The number of nitriles is 1. The molecule has 0 unspecified atom stereocenters. The van der Waals surface area contributed by atoms with Crippen molar-refractivity contribution in [2.75, 3.05) is 0 Å². The molecule has 0 rings (SSSR count). The van der Waals surface area contributed by atoms with Crippen LogP contribution in [0.4, 0.5) is 0 Å². The average molecular weight is 221 g/mol. The van der Waals surface area contributed by atoms with Crippen molar-refractivity contribution in [2.45, 2.75) is 40.7 Å². The van der Waals surface area contributed by atoms with Gasteiger partial charge in [0.15, 0.2) is 5.41 Å². The highest BCUT2D eigenvalue weighted by molar-refractivity contribution is 5.83. The minimum Gasteiger partial charge on any atom is -0.462 e. The molecule has 0 saturated heterocycles. The smallest absolute Gasteiger partial charge is 0.330 e. The Bertz CT molecular complexity index is 361. The third-order valence-corrected chi connectivity index (χ3v) is 2.23. The quantitative estimate of drug-likeness (QED) is 0.541. The van der Waals surface area contributed by atoms with Crippen molar-refractivity contribution in [3.63, 3.8) is 0 Å². The van der Waals surface area contributed by atoms with E-state index in [4.69, 9.17) is 10.00 Å². The molecule has 0 aromatic heterocycles.